The van der Waals surface area contributed by atoms with Gasteiger partial charge in [-0.2, -0.15) is 11.3 Å². The Labute approximate surface area is 126 Å². The number of nitrogens with one attached hydrogen (secondary N) is 1. The summed E-state index contributed by atoms with van der Waals surface area (Å²) in [5.74, 6) is 0.109. The highest BCUT2D eigenvalue weighted by Gasteiger charge is 2.51. The van der Waals surface area contributed by atoms with Crippen LogP contribution in [-0.4, -0.2) is 17.6 Å². The van der Waals surface area contributed by atoms with Gasteiger partial charge < -0.3 is 10.4 Å². The fourth-order valence-electron chi connectivity index (χ4n) is 2.38. The summed E-state index contributed by atoms with van der Waals surface area (Å²) < 4.78 is 0. The first-order chi connectivity index (χ1) is 9.72. The third-order valence-corrected chi connectivity index (χ3v) is 5.58. The zero-order valence-electron chi connectivity index (χ0n) is 11.0. The van der Waals surface area contributed by atoms with Crippen LogP contribution in [0.5, 0.6) is 0 Å². The van der Waals surface area contributed by atoms with Crippen LogP contribution in [0.1, 0.15) is 35.8 Å². The van der Waals surface area contributed by atoms with Crippen molar-refractivity contribution in [1.82, 2.24) is 5.32 Å². The Hall–Kier alpha value is -1.17. The lowest BCUT2D eigenvalue weighted by atomic mass is 10.0. The first-order valence-corrected chi connectivity index (χ1v) is 8.57. The monoisotopic (exact) mass is 307 g/mol. The Balaban J connectivity index is 1.51. The molecule has 0 spiro atoms. The van der Waals surface area contributed by atoms with Gasteiger partial charge in [-0.05, 0) is 53.1 Å². The maximum Gasteiger partial charge on any atom is 0.231 e. The summed E-state index contributed by atoms with van der Waals surface area (Å²) in [6.07, 6.45) is 1.94. The third kappa shape index (κ3) is 2.66. The van der Waals surface area contributed by atoms with Gasteiger partial charge in [-0.1, -0.05) is 6.07 Å². The van der Waals surface area contributed by atoms with Crippen LogP contribution in [0.25, 0.3) is 0 Å². The Kier molecular flexibility index (Phi) is 3.92. The van der Waals surface area contributed by atoms with Crippen LogP contribution in [0, 0.1) is 0 Å². The van der Waals surface area contributed by atoms with Gasteiger partial charge in [0.2, 0.25) is 5.91 Å². The number of carbonyl (C=O) groups is 1. The maximum absolute atomic E-state index is 12.3. The molecule has 1 unspecified atom stereocenters. The smallest absolute Gasteiger partial charge is 0.231 e. The van der Waals surface area contributed by atoms with E-state index in [1.165, 1.54) is 0 Å². The van der Waals surface area contributed by atoms with Gasteiger partial charge in [0.15, 0.2) is 0 Å². The summed E-state index contributed by atoms with van der Waals surface area (Å²) in [5.41, 5.74) is 0.658. The summed E-state index contributed by atoms with van der Waals surface area (Å²) in [4.78, 5) is 13.5. The molecule has 1 fully saturated rings. The van der Waals surface area contributed by atoms with Crippen molar-refractivity contribution in [3.8, 4) is 0 Å². The Morgan fingerprint density at radius 3 is 2.85 bits per heavy atom. The molecular weight excluding hydrogens is 290 g/mol. The number of hydrogen-bond acceptors (Lipinski definition) is 4. The molecule has 0 aliphatic heterocycles. The molecule has 2 aromatic rings. The van der Waals surface area contributed by atoms with Gasteiger partial charge in [0.25, 0.3) is 0 Å². The quantitative estimate of drug-likeness (QED) is 0.861. The molecule has 3 rings (SSSR count). The Bertz CT molecular complexity index is 559. The van der Waals surface area contributed by atoms with Crippen LogP contribution in [0.4, 0.5) is 0 Å². The van der Waals surface area contributed by atoms with Crippen LogP contribution < -0.4 is 5.32 Å². The van der Waals surface area contributed by atoms with Crippen molar-refractivity contribution in [1.29, 1.82) is 0 Å². The van der Waals surface area contributed by atoms with Crippen LogP contribution in [-0.2, 0) is 10.2 Å². The normalized spacial score (nSPS) is 17.6. The molecule has 5 heteroatoms. The molecule has 1 aliphatic rings. The molecule has 2 N–H and O–H groups in total. The van der Waals surface area contributed by atoms with Crippen LogP contribution in [0.2, 0.25) is 0 Å². The van der Waals surface area contributed by atoms with E-state index in [-0.39, 0.29) is 11.3 Å². The largest absolute Gasteiger partial charge is 0.388 e. The van der Waals surface area contributed by atoms with Gasteiger partial charge in [-0.15, -0.1) is 11.3 Å². The predicted octanol–water partition coefficient (Wildman–Crippen LogP) is 3.08. The molecule has 3 nitrogen and oxygen atoms in total. The van der Waals surface area contributed by atoms with Crippen molar-refractivity contribution in [3.05, 3.63) is 44.8 Å². The molecule has 20 heavy (non-hydrogen) atoms. The highest BCUT2D eigenvalue weighted by Crippen LogP contribution is 2.50. The molecule has 2 heterocycles. The van der Waals surface area contributed by atoms with Crippen molar-refractivity contribution < 1.29 is 9.90 Å². The van der Waals surface area contributed by atoms with E-state index in [2.05, 4.69) is 5.32 Å². The van der Waals surface area contributed by atoms with E-state index in [4.69, 9.17) is 0 Å². The second-order valence-corrected chi connectivity index (χ2v) is 6.90. The number of aliphatic hydroxyl groups excluding tert-OH is 1. The highest BCUT2D eigenvalue weighted by molar-refractivity contribution is 7.10. The van der Waals surface area contributed by atoms with Crippen molar-refractivity contribution in [2.45, 2.75) is 30.8 Å². The van der Waals surface area contributed by atoms with E-state index in [1.807, 2.05) is 34.3 Å². The molecule has 1 atom stereocenters. The topological polar surface area (TPSA) is 49.3 Å². The second kappa shape index (κ2) is 5.68. The molecule has 2 aromatic heterocycles. The third-order valence-electron chi connectivity index (χ3n) is 3.81. The molecular formula is C15H17NO2S2. The van der Waals surface area contributed by atoms with Crippen molar-refractivity contribution in [2.24, 2.45) is 0 Å². The van der Waals surface area contributed by atoms with Crippen LogP contribution >= 0.6 is 22.7 Å². The summed E-state index contributed by atoms with van der Waals surface area (Å²) in [6, 6.07) is 5.95. The molecule has 0 aromatic carbocycles. The molecule has 1 saturated carbocycles. The number of hydrogen-bond donors (Lipinski definition) is 2. The molecule has 106 valence electrons. The lowest BCUT2D eigenvalue weighted by Crippen LogP contribution is -2.35. The molecule has 1 aliphatic carbocycles. The van der Waals surface area contributed by atoms with Gasteiger partial charge in [0.1, 0.15) is 0 Å². The average Bonchev–Trinajstić information content (AvgIpc) is 2.90. The lowest BCUT2D eigenvalue weighted by Gasteiger charge is -2.15. The highest BCUT2D eigenvalue weighted by atomic mass is 32.1. The van der Waals surface area contributed by atoms with Gasteiger partial charge in [-0.25, -0.2) is 0 Å². The zero-order valence-corrected chi connectivity index (χ0v) is 12.7. The zero-order chi connectivity index (χ0) is 14.0. The fraction of sp³-hybridized carbons (Fsp3) is 0.400. The van der Waals surface area contributed by atoms with E-state index < -0.39 is 6.10 Å². The van der Waals surface area contributed by atoms with Gasteiger partial charge in [0.05, 0.1) is 11.5 Å². The van der Waals surface area contributed by atoms with E-state index in [0.717, 1.165) is 23.3 Å². The Morgan fingerprint density at radius 2 is 2.25 bits per heavy atom. The molecule has 0 saturated heterocycles. The second-order valence-electron chi connectivity index (χ2n) is 5.18. The first kappa shape index (κ1) is 13.8. The van der Waals surface area contributed by atoms with Gasteiger partial charge >= 0.3 is 0 Å². The first-order valence-electron chi connectivity index (χ1n) is 6.75. The van der Waals surface area contributed by atoms with Gasteiger partial charge in [-0.3, -0.25) is 4.79 Å². The summed E-state index contributed by atoms with van der Waals surface area (Å²) in [5, 5.41) is 18.9. The summed E-state index contributed by atoms with van der Waals surface area (Å²) in [7, 11) is 0. The minimum Gasteiger partial charge on any atom is -0.388 e. The molecule has 1 amide bonds. The van der Waals surface area contributed by atoms with E-state index >= 15 is 0 Å². The fourth-order valence-corrected chi connectivity index (χ4v) is 4.07. The number of aliphatic hydroxyl groups is 1. The number of rotatable bonds is 6. The van der Waals surface area contributed by atoms with Crippen LogP contribution in [0.15, 0.2) is 34.3 Å². The summed E-state index contributed by atoms with van der Waals surface area (Å²) >= 11 is 3.22. The molecule has 0 radical (unpaired) electrons. The SMILES string of the molecule is O=C(NCCC(O)c1ccsc1)C1(c2cccs2)CC1. The summed E-state index contributed by atoms with van der Waals surface area (Å²) in [6.45, 7) is 0.517. The Morgan fingerprint density at radius 1 is 1.40 bits per heavy atom. The van der Waals surface area contributed by atoms with E-state index in [1.54, 1.807) is 22.7 Å². The van der Waals surface area contributed by atoms with Crippen LogP contribution in [0.3, 0.4) is 0 Å². The lowest BCUT2D eigenvalue weighted by molar-refractivity contribution is -0.123. The molecule has 0 bridgehead atoms. The van der Waals surface area contributed by atoms with E-state index in [0.29, 0.717) is 13.0 Å². The number of thiophene rings is 2. The van der Waals surface area contributed by atoms with E-state index in [9.17, 15) is 9.90 Å². The predicted molar refractivity (Wildman–Crippen MR) is 82.1 cm³/mol. The van der Waals surface area contributed by atoms with Crippen molar-refractivity contribution >= 4 is 28.6 Å². The van der Waals surface area contributed by atoms with Gasteiger partial charge in [0, 0.05) is 11.4 Å². The van der Waals surface area contributed by atoms with Crippen molar-refractivity contribution in [2.75, 3.05) is 6.54 Å². The van der Waals surface area contributed by atoms with Crippen molar-refractivity contribution in [3.63, 3.8) is 0 Å². The number of amides is 1. The average molecular weight is 307 g/mol. The standard InChI is InChI=1S/C15H17NO2S2/c17-12(11-4-9-19-10-11)3-7-16-14(18)15(5-6-15)13-2-1-8-20-13/h1-2,4,8-10,12,17H,3,5-7H2,(H,16,18). The minimum atomic E-state index is -0.488. The number of carbonyl (C=O) groups excluding carboxylic acids is 1. The minimum absolute atomic E-state index is 0.109. The maximum atomic E-state index is 12.3.